The van der Waals surface area contributed by atoms with E-state index in [9.17, 15) is 4.79 Å². The zero-order valence-electron chi connectivity index (χ0n) is 15.0. The second-order valence-electron chi connectivity index (χ2n) is 5.87. The molecule has 1 N–H and O–H groups in total. The van der Waals surface area contributed by atoms with Crippen LogP contribution in [0, 0.1) is 0 Å². The molecule has 0 bridgehead atoms. The first kappa shape index (κ1) is 17.5. The molecule has 0 radical (unpaired) electrons. The lowest BCUT2D eigenvalue weighted by Gasteiger charge is -2.06. The van der Waals surface area contributed by atoms with Crippen LogP contribution in [0.5, 0.6) is 17.2 Å². The Morgan fingerprint density at radius 1 is 1.21 bits per heavy atom. The standard InChI is InChI=1S/C19H17N5O4/c1-26-15-6-4-14(5-7-15)24-18(21-22-23-24)11-20-19(25)9-3-13-2-8-16-17(10-13)28-12-27-16/h2-10H,11-12H2,1H3,(H,20,25)/b9-3-. The molecule has 2 heterocycles. The first-order valence-electron chi connectivity index (χ1n) is 8.50. The zero-order valence-corrected chi connectivity index (χ0v) is 15.0. The van der Waals surface area contributed by atoms with Gasteiger partial charge in [-0.1, -0.05) is 6.07 Å². The van der Waals surface area contributed by atoms with Gasteiger partial charge < -0.3 is 19.5 Å². The van der Waals surface area contributed by atoms with Crippen molar-refractivity contribution in [3.8, 4) is 22.9 Å². The van der Waals surface area contributed by atoms with E-state index in [1.807, 2.05) is 42.5 Å². The summed E-state index contributed by atoms with van der Waals surface area (Å²) in [5.74, 6) is 2.35. The summed E-state index contributed by atoms with van der Waals surface area (Å²) < 4.78 is 17.3. The monoisotopic (exact) mass is 379 g/mol. The van der Waals surface area contributed by atoms with E-state index in [0.717, 1.165) is 17.0 Å². The number of nitrogens with one attached hydrogen (secondary N) is 1. The largest absolute Gasteiger partial charge is 0.497 e. The number of aromatic nitrogens is 4. The molecule has 3 aromatic rings. The number of amides is 1. The maximum Gasteiger partial charge on any atom is 0.244 e. The molecule has 1 aliphatic rings. The van der Waals surface area contributed by atoms with Crippen molar-refractivity contribution >= 4 is 12.0 Å². The van der Waals surface area contributed by atoms with E-state index < -0.39 is 0 Å². The highest BCUT2D eigenvalue weighted by atomic mass is 16.7. The van der Waals surface area contributed by atoms with Gasteiger partial charge in [-0.3, -0.25) is 4.79 Å². The van der Waals surface area contributed by atoms with Gasteiger partial charge in [-0.05, 0) is 58.5 Å². The third kappa shape index (κ3) is 3.78. The number of methoxy groups -OCH3 is 1. The van der Waals surface area contributed by atoms with Crippen molar-refractivity contribution in [2.75, 3.05) is 13.9 Å². The molecule has 9 heteroatoms. The first-order chi connectivity index (χ1) is 13.7. The molecule has 4 rings (SSSR count). The van der Waals surface area contributed by atoms with Crippen LogP contribution in [0.2, 0.25) is 0 Å². The van der Waals surface area contributed by atoms with Crippen LogP contribution in [0.15, 0.2) is 48.5 Å². The minimum atomic E-state index is -0.262. The van der Waals surface area contributed by atoms with Crippen molar-refractivity contribution in [1.82, 2.24) is 25.5 Å². The summed E-state index contributed by atoms with van der Waals surface area (Å²) in [6.45, 7) is 0.398. The average molecular weight is 379 g/mol. The van der Waals surface area contributed by atoms with Crippen molar-refractivity contribution in [2.45, 2.75) is 6.54 Å². The van der Waals surface area contributed by atoms with Gasteiger partial charge in [0, 0.05) is 6.08 Å². The normalized spacial score (nSPS) is 12.3. The predicted octanol–water partition coefficient (Wildman–Crippen LogP) is 1.73. The molecule has 0 saturated carbocycles. The number of hydrogen-bond donors (Lipinski definition) is 1. The van der Waals surface area contributed by atoms with Crippen LogP contribution in [-0.2, 0) is 11.3 Å². The minimum Gasteiger partial charge on any atom is -0.497 e. The van der Waals surface area contributed by atoms with Gasteiger partial charge in [0.1, 0.15) is 5.75 Å². The van der Waals surface area contributed by atoms with E-state index in [4.69, 9.17) is 14.2 Å². The van der Waals surface area contributed by atoms with Crippen LogP contribution in [0.3, 0.4) is 0 Å². The first-order valence-corrected chi connectivity index (χ1v) is 8.50. The smallest absolute Gasteiger partial charge is 0.244 e. The van der Waals surface area contributed by atoms with Gasteiger partial charge in [-0.2, -0.15) is 4.68 Å². The molecule has 1 aromatic heterocycles. The van der Waals surface area contributed by atoms with E-state index in [1.54, 1.807) is 17.9 Å². The maximum absolute atomic E-state index is 12.1. The molecule has 0 saturated heterocycles. The van der Waals surface area contributed by atoms with E-state index in [0.29, 0.717) is 17.3 Å². The molecule has 2 aromatic carbocycles. The minimum absolute atomic E-state index is 0.184. The third-order valence-corrected chi connectivity index (χ3v) is 4.10. The molecule has 142 valence electrons. The van der Waals surface area contributed by atoms with Gasteiger partial charge in [0.05, 0.1) is 19.3 Å². The summed E-state index contributed by atoms with van der Waals surface area (Å²) in [7, 11) is 1.60. The Hall–Kier alpha value is -3.88. The van der Waals surface area contributed by atoms with E-state index in [1.165, 1.54) is 6.08 Å². The molecular weight excluding hydrogens is 362 g/mol. The van der Waals surface area contributed by atoms with Gasteiger partial charge in [0.25, 0.3) is 0 Å². The van der Waals surface area contributed by atoms with Crippen molar-refractivity contribution in [3.05, 3.63) is 59.9 Å². The van der Waals surface area contributed by atoms with Crippen molar-refractivity contribution in [2.24, 2.45) is 0 Å². The molecule has 0 atom stereocenters. The summed E-state index contributed by atoms with van der Waals surface area (Å²) in [5, 5.41) is 14.4. The topological polar surface area (TPSA) is 100 Å². The molecule has 1 amide bonds. The summed E-state index contributed by atoms with van der Waals surface area (Å²) in [6, 6.07) is 12.8. The number of rotatable bonds is 6. The zero-order chi connectivity index (χ0) is 19.3. The SMILES string of the molecule is COc1ccc(-n2nnnc2CNC(=O)/C=C\c2ccc3c(c2)OCO3)cc1. The van der Waals surface area contributed by atoms with Crippen LogP contribution in [0.25, 0.3) is 11.8 Å². The van der Waals surface area contributed by atoms with E-state index in [-0.39, 0.29) is 19.2 Å². The second-order valence-corrected chi connectivity index (χ2v) is 5.87. The van der Waals surface area contributed by atoms with Crippen molar-refractivity contribution in [3.63, 3.8) is 0 Å². The summed E-state index contributed by atoms with van der Waals surface area (Å²) in [4.78, 5) is 12.1. The molecule has 0 fully saturated rings. The summed E-state index contributed by atoms with van der Waals surface area (Å²) in [5.41, 5.74) is 1.61. The lowest BCUT2D eigenvalue weighted by molar-refractivity contribution is -0.116. The quantitative estimate of drug-likeness (QED) is 0.651. The van der Waals surface area contributed by atoms with Crippen LogP contribution < -0.4 is 19.5 Å². The number of tetrazole rings is 1. The Bertz CT molecular complexity index is 1010. The van der Waals surface area contributed by atoms with E-state index >= 15 is 0 Å². The van der Waals surface area contributed by atoms with Crippen LogP contribution >= 0.6 is 0 Å². The highest BCUT2D eigenvalue weighted by Gasteiger charge is 2.12. The highest BCUT2D eigenvalue weighted by molar-refractivity contribution is 5.91. The number of fused-ring (bicyclic) bond motifs is 1. The molecule has 0 spiro atoms. The predicted molar refractivity (Wildman–Crippen MR) is 99.2 cm³/mol. The Labute approximate surface area is 160 Å². The lowest BCUT2D eigenvalue weighted by Crippen LogP contribution is -2.22. The van der Waals surface area contributed by atoms with Crippen molar-refractivity contribution in [1.29, 1.82) is 0 Å². The number of benzene rings is 2. The lowest BCUT2D eigenvalue weighted by atomic mass is 10.2. The number of nitrogens with zero attached hydrogens (tertiary/aromatic N) is 4. The van der Waals surface area contributed by atoms with Crippen molar-refractivity contribution < 1.29 is 19.0 Å². The number of ether oxygens (including phenoxy) is 3. The van der Waals surface area contributed by atoms with E-state index in [2.05, 4.69) is 20.8 Å². The number of carbonyl (C=O) groups is 1. The molecule has 28 heavy (non-hydrogen) atoms. The summed E-state index contributed by atoms with van der Waals surface area (Å²) in [6.07, 6.45) is 3.14. The summed E-state index contributed by atoms with van der Waals surface area (Å²) >= 11 is 0. The Kier molecular flexibility index (Phi) is 4.87. The fraction of sp³-hybridized carbons (Fsp3) is 0.158. The molecule has 0 unspecified atom stereocenters. The van der Waals surface area contributed by atoms with Crippen LogP contribution in [0.1, 0.15) is 11.4 Å². The van der Waals surface area contributed by atoms with Gasteiger partial charge in [-0.15, -0.1) is 5.10 Å². The molecule has 1 aliphatic heterocycles. The fourth-order valence-electron chi connectivity index (χ4n) is 2.65. The molecule has 0 aliphatic carbocycles. The maximum atomic E-state index is 12.1. The Morgan fingerprint density at radius 3 is 2.86 bits per heavy atom. The fourth-order valence-corrected chi connectivity index (χ4v) is 2.65. The van der Waals surface area contributed by atoms with Crippen LogP contribution in [-0.4, -0.2) is 40.0 Å². The number of hydrogen-bond acceptors (Lipinski definition) is 7. The number of carbonyl (C=O) groups excluding carboxylic acids is 1. The third-order valence-electron chi connectivity index (χ3n) is 4.10. The Morgan fingerprint density at radius 2 is 2.04 bits per heavy atom. The van der Waals surface area contributed by atoms with Gasteiger partial charge in [-0.25, -0.2) is 0 Å². The van der Waals surface area contributed by atoms with Gasteiger partial charge in [0.15, 0.2) is 17.3 Å². The molecular formula is C19H17N5O4. The highest BCUT2D eigenvalue weighted by Crippen LogP contribution is 2.32. The average Bonchev–Trinajstić information content (AvgIpc) is 3.39. The Balaban J connectivity index is 1.38. The van der Waals surface area contributed by atoms with Crippen LogP contribution in [0.4, 0.5) is 0 Å². The van der Waals surface area contributed by atoms with Gasteiger partial charge >= 0.3 is 0 Å². The van der Waals surface area contributed by atoms with Gasteiger partial charge in [0.2, 0.25) is 12.7 Å². The second kappa shape index (κ2) is 7.78. The molecule has 9 nitrogen and oxygen atoms in total.